The average molecular weight is 270 g/mol. The van der Waals surface area contributed by atoms with Gasteiger partial charge in [0.05, 0.1) is 5.69 Å². The van der Waals surface area contributed by atoms with Crippen LogP contribution >= 0.6 is 0 Å². The highest BCUT2D eigenvalue weighted by atomic mass is 32.2. The summed E-state index contributed by atoms with van der Waals surface area (Å²) < 4.78 is 27.0. The van der Waals surface area contributed by atoms with Gasteiger partial charge in [0.15, 0.2) is 0 Å². The van der Waals surface area contributed by atoms with Crippen LogP contribution in [0.3, 0.4) is 0 Å². The van der Waals surface area contributed by atoms with Crippen LogP contribution in [0.4, 0.5) is 5.69 Å². The number of nitrogens with one attached hydrogen (secondary N) is 2. The molecule has 3 N–H and O–H groups in total. The van der Waals surface area contributed by atoms with Gasteiger partial charge >= 0.3 is 5.97 Å². The third-order valence-electron chi connectivity index (χ3n) is 2.21. The molecule has 0 amide bonds. The van der Waals surface area contributed by atoms with Crippen molar-refractivity contribution in [3.05, 3.63) is 35.4 Å². The van der Waals surface area contributed by atoms with E-state index in [-0.39, 0.29) is 0 Å². The van der Waals surface area contributed by atoms with Gasteiger partial charge in [-0.2, -0.15) is 8.42 Å². The molecule has 0 saturated heterocycles. The van der Waals surface area contributed by atoms with E-state index in [4.69, 9.17) is 5.11 Å². The van der Waals surface area contributed by atoms with E-state index in [0.29, 0.717) is 11.3 Å². The molecule has 18 heavy (non-hydrogen) atoms. The molecule has 0 unspecified atom stereocenters. The Morgan fingerprint density at radius 2 is 2.06 bits per heavy atom. The van der Waals surface area contributed by atoms with E-state index in [2.05, 4.69) is 9.44 Å². The van der Waals surface area contributed by atoms with Gasteiger partial charge in [0.1, 0.15) is 0 Å². The van der Waals surface area contributed by atoms with E-state index < -0.39 is 16.2 Å². The van der Waals surface area contributed by atoms with Crippen LogP contribution in [-0.4, -0.2) is 26.5 Å². The summed E-state index contributed by atoms with van der Waals surface area (Å²) in [5, 5.41) is 8.55. The van der Waals surface area contributed by atoms with Gasteiger partial charge in [0, 0.05) is 13.1 Å². The van der Waals surface area contributed by atoms with Crippen molar-refractivity contribution in [3.8, 4) is 0 Å². The Morgan fingerprint density at radius 3 is 2.61 bits per heavy atom. The zero-order valence-corrected chi connectivity index (χ0v) is 10.8. The predicted octanol–water partition coefficient (Wildman–Crippen LogP) is 0.969. The van der Waals surface area contributed by atoms with E-state index in [1.165, 1.54) is 13.1 Å². The van der Waals surface area contributed by atoms with Gasteiger partial charge < -0.3 is 5.11 Å². The molecule has 0 fully saturated rings. The van der Waals surface area contributed by atoms with Crippen molar-refractivity contribution in [1.29, 1.82) is 0 Å². The first-order valence-electron chi connectivity index (χ1n) is 5.07. The van der Waals surface area contributed by atoms with Gasteiger partial charge in [-0.05, 0) is 36.3 Å². The van der Waals surface area contributed by atoms with Crippen LogP contribution in [0.25, 0.3) is 6.08 Å². The highest BCUT2D eigenvalue weighted by molar-refractivity contribution is 7.90. The fourth-order valence-corrected chi connectivity index (χ4v) is 1.79. The summed E-state index contributed by atoms with van der Waals surface area (Å²) in [6.45, 7) is 1.80. The van der Waals surface area contributed by atoms with Gasteiger partial charge in [-0.3, -0.25) is 4.72 Å². The van der Waals surface area contributed by atoms with E-state index >= 15 is 0 Å². The first kappa shape index (κ1) is 14.2. The number of rotatable bonds is 5. The fourth-order valence-electron chi connectivity index (χ4n) is 1.25. The number of benzene rings is 1. The molecule has 98 valence electrons. The number of carbonyl (C=O) groups is 1. The quantitative estimate of drug-likeness (QED) is 0.695. The molecule has 1 aromatic carbocycles. The maximum absolute atomic E-state index is 11.3. The minimum Gasteiger partial charge on any atom is -0.478 e. The molecule has 0 aromatic heterocycles. The molecule has 0 radical (unpaired) electrons. The van der Waals surface area contributed by atoms with Crippen LogP contribution in [0, 0.1) is 6.92 Å². The van der Waals surface area contributed by atoms with Crippen molar-refractivity contribution >= 4 is 27.9 Å². The molecule has 7 heteroatoms. The second-order valence-corrected chi connectivity index (χ2v) is 5.17. The number of hydrogen-bond acceptors (Lipinski definition) is 3. The number of aryl methyl sites for hydroxylation is 1. The largest absolute Gasteiger partial charge is 0.478 e. The van der Waals surface area contributed by atoms with Crippen molar-refractivity contribution in [2.45, 2.75) is 6.92 Å². The molecule has 0 spiro atoms. The van der Waals surface area contributed by atoms with Crippen LogP contribution in [0.15, 0.2) is 24.3 Å². The van der Waals surface area contributed by atoms with E-state index in [1.807, 2.05) is 0 Å². The molecule has 0 atom stereocenters. The maximum atomic E-state index is 11.3. The Balaban J connectivity index is 3.05. The molecular weight excluding hydrogens is 256 g/mol. The Bertz CT molecular complexity index is 579. The Hall–Kier alpha value is -1.86. The maximum Gasteiger partial charge on any atom is 0.328 e. The topological polar surface area (TPSA) is 95.5 Å². The molecule has 0 heterocycles. The minimum atomic E-state index is -3.57. The van der Waals surface area contributed by atoms with Gasteiger partial charge in [0.2, 0.25) is 0 Å². The van der Waals surface area contributed by atoms with Crippen molar-refractivity contribution in [1.82, 2.24) is 4.72 Å². The number of aliphatic carboxylic acids is 1. The second-order valence-electron chi connectivity index (χ2n) is 3.55. The molecule has 0 bridgehead atoms. The summed E-state index contributed by atoms with van der Waals surface area (Å²) >= 11 is 0. The van der Waals surface area contributed by atoms with E-state index in [9.17, 15) is 13.2 Å². The summed E-state index contributed by atoms with van der Waals surface area (Å²) in [6.07, 6.45) is 2.41. The van der Waals surface area contributed by atoms with Crippen LogP contribution in [0.2, 0.25) is 0 Å². The molecule has 1 rings (SSSR count). The number of hydrogen-bond donors (Lipinski definition) is 3. The van der Waals surface area contributed by atoms with Crippen molar-refractivity contribution in [2.75, 3.05) is 11.8 Å². The molecule has 0 aliphatic rings. The Kier molecular flexibility index (Phi) is 4.46. The van der Waals surface area contributed by atoms with Crippen LogP contribution in [0.5, 0.6) is 0 Å². The Labute approximate surface area is 106 Å². The fraction of sp³-hybridized carbons (Fsp3) is 0.182. The molecule has 0 aliphatic heterocycles. The highest BCUT2D eigenvalue weighted by Gasteiger charge is 2.06. The van der Waals surface area contributed by atoms with E-state index in [0.717, 1.165) is 11.6 Å². The SMILES string of the molecule is CNS(=O)(=O)Nc1ccc(C)c(/C=C/C(=O)O)c1. The zero-order valence-electron chi connectivity index (χ0n) is 9.97. The lowest BCUT2D eigenvalue weighted by Gasteiger charge is -2.08. The van der Waals surface area contributed by atoms with E-state index in [1.54, 1.807) is 25.1 Å². The van der Waals surface area contributed by atoms with Crippen LogP contribution in [-0.2, 0) is 15.0 Å². The van der Waals surface area contributed by atoms with Gasteiger partial charge in [-0.25, -0.2) is 9.52 Å². The number of carboxylic acid groups (broad SMARTS) is 1. The molecule has 0 aliphatic carbocycles. The smallest absolute Gasteiger partial charge is 0.328 e. The summed E-state index contributed by atoms with van der Waals surface area (Å²) in [6, 6.07) is 4.86. The zero-order chi connectivity index (χ0) is 13.8. The lowest BCUT2D eigenvalue weighted by Crippen LogP contribution is -2.26. The third-order valence-corrected chi connectivity index (χ3v) is 3.25. The summed E-state index contributed by atoms with van der Waals surface area (Å²) in [7, 11) is -2.28. The Morgan fingerprint density at radius 1 is 1.39 bits per heavy atom. The summed E-state index contributed by atoms with van der Waals surface area (Å²) in [4.78, 5) is 10.4. The van der Waals surface area contributed by atoms with Crippen molar-refractivity contribution in [3.63, 3.8) is 0 Å². The van der Waals surface area contributed by atoms with Crippen LogP contribution in [0.1, 0.15) is 11.1 Å². The molecular formula is C11H14N2O4S. The van der Waals surface area contributed by atoms with Crippen molar-refractivity contribution < 1.29 is 18.3 Å². The minimum absolute atomic E-state index is 0.361. The standard InChI is InChI=1S/C11H14N2O4S/c1-8-3-5-10(13-18(16,17)12-2)7-9(8)4-6-11(14)15/h3-7,12-13H,1-2H3,(H,14,15)/b6-4+. The molecule has 6 nitrogen and oxygen atoms in total. The first-order valence-corrected chi connectivity index (χ1v) is 6.55. The first-order chi connectivity index (χ1) is 8.34. The highest BCUT2D eigenvalue weighted by Crippen LogP contribution is 2.17. The van der Waals surface area contributed by atoms with Gasteiger partial charge in [-0.1, -0.05) is 6.07 Å². The average Bonchev–Trinajstić information content (AvgIpc) is 2.29. The summed E-state index contributed by atoms with van der Waals surface area (Å²) in [5.74, 6) is -1.06. The summed E-state index contributed by atoms with van der Waals surface area (Å²) in [5.41, 5.74) is 1.84. The lowest BCUT2D eigenvalue weighted by atomic mass is 10.1. The number of anilines is 1. The van der Waals surface area contributed by atoms with Gasteiger partial charge in [-0.15, -0.1) is 0 Å². The second kappa shape index (κ2) is 5.65. The molecule has 1 aromatic rings. The predicted molar refractivity (Wildman–Crippen MR) is 69.5 cm³/mol. The van der Waals surface area contributed by atoms with Crippen molar-refractivity contribution in [2.24, 2.45) is 0 Å². The van der Waals surface area contributed by atoms with Gasteiger partial charge in [0.25, 0.3) is 10.2 Å². The lowest BCUT2D eigenvalue weighted by molar-refractivity contribution is -0.131. The molecule has 0 saturated carbocycles. The van der Waals surface area contributed by atoms with Crippen LogP contribution < -0.4 is 9.44 Å². The third kappa shape index (κ3) is 4.19. The number of carboxylic acids is 1. The normalized spacial score (nSPS) is 11.7. The monoisotopic (exact) mass is 270 g/mol.